The Morgan fingerprint density at radius 1 is 1.48 bits per heavy atom. The van der Waals surface area contributed by atoms with Gasteiger partial charge in [-0.3, -0.25) is 10.1 Å². The monoisotopic (exact) mass is 306 g/mol. The number of H-pyrrole nitrogens is 1. The number of benzene rings is 1. The van der Waals surface area contributed by atoms with Crippen LogP contribution in [0.4, 0.5) is 5.95 Å². The average Bonchev–Trinajstić information content (AvgIpc) is 2.85. The van der Waals surface area contributed by atoms with E-state index in [1.807, 2.05) is 18.2 Å². The minimum atomic E-state index is -0.537. The van der Waals surface area contributed by atoms with Crippen molar-refractivity contribution in [3.63, 3.8) is 0 Å². The predicted molar refractivity (Wildman–Crippen MR) is 78.5 cm³/mol. The molecule has 1 fully saturated rings. The Labute approximate surface area is 126 Å². The third-order valence-electron chi connectivity index (χ3n) is 3.90. The normalized spacial score (nSPS) is 16.1. The lowest BCUT2D eigenvalue weighted by molar-refractivity contribution is -0.124. The highest BCUT2D eigenvalue weighted by Crippen LogP contribution is 2.45. The van der Waals surface area contributed by atoms with E-state index in [4.69, 9.17) is 16.3 Å². The minimum absolute atomic E-state index is 0.102. The fourth-order valence-corrected chi connectivity index (χ4v) is 2.77. The van der Waals surface area contributed by atoms with Gasteiger partial charge in [-0.1, -0.05) is 30.2 Å². The van der Waals surface area contributed by atoms with E-state index in [9.17, 15) is 4.79 Å². The maximum Gasteiger partial charge on any atom is 0.336 e. The lowest BCUT2D eigenvalue weighted by atomic mass is 9.64. The van der Waals surface area contributed by atoms with Gasteiger partial charge in [0.05, 0.1) is 12.5 Å². The maximum atomic E-state index is 12.6. The van der Waals surface area contributed by atoms with Crippen LogP contribution in [0.5, 0.6) is 6.01 Å². The van der Waals surface area contributed by atoms with Gasteiger partial charge in [-0.25, -0.2) is 5.10 Å². The zero-order chi connectivity index (χ0) is 14.9. The van der Waals surface area contributed by atoms with Gasteiger partial charge in [0, 0.05) is 5.02 Å². The second-order valence-corrected chi connectivity index (χ2v) is 5.51. The molecule has 1 heterocycles. The number of nitrogens with one attached hydrogen (secondary N) is 2. The molecule has 6 nitrogen and oxygen atoms in total. The molecule has 0 unspecified atom stereocenters. The summed E-state index contributed by atoms with van der Waals surface area (Å²) in [7, 11) is 1.47. The van der Waals surface area contributed by atoms with E-state index < -0.39 is 5.41 Å². The predicted octanol–water partition coefficient (Wildman–Crippen LogP) is 2.53. The minimum Gasteiger partial charge on any atom is -0.466 e. The average molecular weight is 307 g/mol. The molecule has 0 spiro atoms. The van der Waals surface area contributed by atoms with Crippen LogP contribution in [-0.4, -0.2) is 28.2 Å². The van der Waals surface area contributed by atoms with E-state index in [1.54, 1.807) is 6.07 Å². The second kappa shape index (κ2) is 5.37. The molecular weight excluding hydrogens is 292 g/mol. The third-order valence-corrected chi connectivity index (χ3v) is 4.13. The Bertz CT molecular complexity index is 666. The molecule has 1 aliphatic rings. The number of ether oxygens (including phenoxy) is 1. The zero-order valence-electron chi connectivity index (χ0n) is 11.5. The highest BCUT2D eigenvalue weighted by molar-refractivity contribution is 6.30. The van der Waals surface area contributed by atoms with Crippen LogP contribution in [0.15, 0.2) is 24.3 Å². The van der Waals surface area contributed by atoms with Gasteiger partial charge in [0.2, 0.25) is 11.9 Å². The van der Waals surface area contributed by atoms with Gasteiger partial charge in [0.15, 0.2) is 0 Å². The van der Waals surface area contributed by atoms with Gasteiger partial charge in [-0.15, -0.1) is 5.10 Å². The molecule has 1 saturated carbocycles. The van der Waals surface area contributed by atoms with E-state index in [2.05, 4.69) is 20.5 Å². The summed E-state index contributed by atoms with van der Waals surface area (Å²) in [4.78, 5) is 16.6. The van der Waals surface area contributed by atoms with Gasteiger partial charge in [0.25, 0.3) is 0 Å². The van der Waals surface area contributed by atoms with Crippen molar-refractivity contribution >= 4 is 23.5 Å². The van der Waals surface area contributed by atoms with Crippen LogP contribution in [0.3, 0.4) is 0 Å². The molecule has 1 aromatic carbocycles. The van der Waals surface area contributed by atoms with E-state index in [0.29, 0.717) is 5.02 Å². The largest absolute Gasteiger partial charge is 0.466 e. The summed E-state index contributed by atoms with van der Waals surface area (Å²) in [6.45, 7) is 0. The number of anilines is 1. The summed E-state index contributed by atoms with van der Waals surface area (Å²) in [5.41, 5.74) is 0.399. The molecule has 0 bridgehead atoms. The van der Waals surface area contributed by atoms with Crippen molar-refractivity contribution in [3.05, 3.63) is 34.9 Å². The van der Waals surface area contributed by atoms with Crippen molar-refractivity contribution in [2.45, 2.75) is 24.7 Å². The van der Waals surface area contributed by atoms with Crippen molar-refractivity contribution in [2.75, 3.05) is 12.4 Å². The number of carbonyl (C=O) groups is 1. The summed E-state index contributed by atoms with van der Waals surface area (Å²) in [6, 6.07) is 7.64. The molecule has 3 rings (SSSR count). The van der Waals surface area contributed by atoms with Crippen LogP contribution in [0.25, 0.3) is 0 Å². The Morgan fingerprint density at radius 2 is 2.29 bits per heavy atom. The summed E-state index contributed by atoms with van der Waals surface area (Å²) in [6.07, 6.45) is 2.61. The first-order valence-electron chi connectivity index (χ1n) is 6.68. The van der Waals surface area contributed by atoms with Crippen LogP contribution in [0.2, 0.25) is 5.02 Å². The highest BCUT2D eigenvalue weighted by atomic mass is 35.5. The number of methoxy groups -OCH3 is 1. The standard InChI is InChI=1S/C14H15ClN4O2/c1-21-13-17-12(18-19-13)16-11(20)14(6-3-7-14)9-4-2-5-10(15)8-9/h2,4-5,8H,3,6-7H2,1H3,(H2,16,17,18,19,20). The quantitative estimate of drug-likeness (QED) is 0.909. The van der Waals surface area contributed by atoms with Crippen molar-refractivity contribution in [1.29, 1.82) is 0 Å². The molecule has 0 atom stereocenters. The first kappa shape index (κ1) is 13.9. The fourth-order valence-electron chi connectivity index (χ4n) is 2.58. The van der Waals surface area contributed by atoms with Crippen LogP contribution < -0.4 is 10.1 Å². The SMILES string of the molecule is COc1n[nH]c(NC(=O)C2(c3cccc(Cl)c3)CCC2)n1. The Balaban J connectivity index is 1.84. The lowest BCUT2D eigenvalue weighted by Crippen LogP contribution is -2.46. The first-order chi connectivity index (χ1) is 10.1. The molecule has 0 saturated heterocycles. The Hall–Kier alpha value is -2.08. The van der Waals surface area contributed by atoms with E-state index in [-0.39, 0.29) is 17.9 Å². The molecule has 1 amide bonds. The van der Waals surface area contributed by atoms with E-state index in [0.717, 1.165) is 24.8 Å². The molecule has 0 radical (unpaired) electrons. The van der Waals surface area contributed by atoms with Gasteiger partial charge in [-0.05, 0) is 30.5 Å². The molecule has 21 heavy (non-hydrogen) atoms. The maximum absolute atomic E-state index is 12.6. The number of hydrogen-bond acceptors (Lipinski definition) is 4. The van der Waals surface area contributed by atoms with E-state index >= 15 is 0 Å². The smallest absolute Gasteiger partial charge is 0.336 e. The first-order valence-corrected chi connectivity index (χ1v) is 7.06. The molecule has 1 aliphatic carbocycles. The molecular formula is C14H15ClN4O2. The van der Waals surface area contributed by atoms with Crippen LogP contribution in [-0.2, 0) is 10.2 Å². The Morgan fingerprint density at radius 3 is 2.86 bits per heavy atom. The summed E-state index contributed by atoms with van der Waals surface area (Å²) < 4.78 is 4.88. The highest BCUT2D eigenvalue weighted by Gasteiger charge is 2.46. The van der Waals surface area contributed by atoms with Crippen molar-refractivity contribution in [1.82, 2.24) is 15.2 Å². The molecule has 1 aromatic heterocycles. The zero-order valence-corrected chi connectivity index (χ0v) is 12.3. The molecule has 2 aromatic rings. The van der Waals surface area contributed by atoms with Gasteiger partial charge in [0.1, 0.15) is 0 Å². The summed E-state index contributed by atoms with van der Waals surface area (Å²) >= 11 is 6.04. The summed E-state index contributed by atoms with van der Waals surface area (Å²) in [5, 5.41) is 9.83. The van der Waals surface area contributed by atoms with Gasteiger partial charge < -0.3 is 4.74 Å². The van der Waals surface area contributed by atoms with Gasteiger partial charge >= 0.3 is 6.01 Å². The lowest BCUT2D eigenvalue weighted by Gasteiger charge is -2.40. The van der Waals surface area contributed by atoms with Crippen molar-refractivity contribution < 1.29 is 9.53 Å². The number of hydrogen-bond donors (Lipinski definition) is 2. The number of rotatable bonds is 4. The van der Waals surface area contributed by atoms with Gasteiger partial charge in [-0.2, -0.15) is 4.98 Å². The van der Waals surface area contributed by atoms with Crippen LogP contribution in [0.1, 0.15) is 24.8 Å². The van der Waals surface area contributed by atoms with Crippen molar-refractivity contribution in [2.24, 2.45) is 0 Å². The number of carbonyl (C=O) groups excluding carboxylic acids is 1. The molecule has 0 aliphatic heterocycles. The van der Waals surface area contributed by atoms with E-state index in [1.165, 1.54) is 7.11 Å². The summed E-state index contributed by atoms with van der Waals surface area (Å²) in [5.74, 6) is 0.181. The van der Waals surface area contributed by atoms with Crippen LogP contribution in [0, 0.1) is 0 Å². The fraction of sp³-hybridized carbons (Fsp3) is 0.357. The third kappa shape index (κ3) is 2.47. The van der Waals surface area contributed by atoms with Crippen LogP contribution >= 0.6 is 11.6 Å². The number of halogens is 1. The van der Waals surface area contributed by atoms with Crippen molar-refractivity contribution in [3.8, 4) is 6.01 Å². The number of amides is 1. The Kier molecular flexibility index (Phi) is 3.55. The topological polar surface area (TPSA) is 79.9 Å². The molecule has 2 N–H and O–H groups in total. The number of nitrogens with zero attached hydrogens (tertiary/aromatic N) is 2. The number of aromatic nitrogens is 3. The molecule has 110 valence electrons. The molecule has 7 heteroatoms. The second-order valence-electron chi connectivity index (χ2n) is 5.07. The number of aromatic amines is 1.